The molecule has 1 saturated carbocycles. The SMILES string of the molecule is CCCN(CCOC)C(=O)[C@@H]1C[C@]2(CO1)c1ccccc1CN2CC1CC1. The van der Waals surface area contributed by atoms with E-state index in [0.717, 1.165) is 38.4 Å². The topological polar surface area (TPSA) is 42.0 Å². The summed E-state index contributed by atoms with van der Waals surface area (Å²) in [6, 6.07) is 8.73. The summed E-state index contributed by atoms with van der Waals surface area (Å²) < 4.78 is 11.4. The van der Waals surface area contributed by atoms with Gasteiger partial charge in [0.15, 0.2) is 0 Å². The molecule has 1 aromatic carbocycles. The summed E-state index contributed by atoms with van der Waals surface area (Å²) in [5.41, 5.74) is 2.65. The van der Waals surface area contributed by atoms with Crippen molar-refractivity contribution in [3.8, 4) is 0 Å². The van der Waals surface area contributed by atoms with Gasteiger partial charge in [0.05, 0.1) is 18.8 Å². The maximum absolute atomic E-state index is 13.2. The molecule has 5 heteroatoms. The van der Waals surface area contributed by atoms with E-state index in [0.29, 0.717) is 19.8 Å². The van der Waals surface area contributed by atoms with E-state index in [1.165, 1.54) is 24.0 Å². The highest BCUT2D eigenvalue weighted by molar-refractivity contribution is 5.81. The van der Waals surface area contributed by atoms with Gasteiger partial charge in [-0.1, -0.05) is 31.2 Å². The van der Waals surface area contributed by atoms with Gasteiger partial charge in [0.2, 0.25) is 0 Å². The summed E-state index contributed by atoms with van der Waals surface area (Å²) in [7, 11) is 1.68. The Hall–Kier alpha value is -1.43. The van der Waals surface area contributed by atoms with Crippen molar-refractivity contribution in [2.24, 2.45) is 5.92 Å². The van der Waals surface area contributed by atoms with Crippen LogP contribution in [0.5, 0.6) is 0 Å². The average molecular weight is 373 g/mol. The Kier molecular flexibility index (Phi) is 5.53. The number of rotatable bonds is 8. The number of hydrogen-bond acceptors (Lipinski definition) is 4. The predicted octanol–water partition coefficient (Wildman–Crippen LogP) is 2.78. The van der Waals surface area contributed by atoms with E-state index >= 15 is 0 Å². The average Bonchev–Trinajstić information content (AvgIpc) is 3.31. The predicted molar refractivity (Wildman–Crippen MR) is 104 cm³/mol. The second kappa shape index (κ2) is 7.90. The number of methoxy groups -OCH3 is 1. The molecule has 1 spiro atoms. The third-order valence-corrected chi connectivity index (χ3v) is 6.35. The van der Waals surface area contributed by atoms with Gasteiger partial charge in [-0.3, -0.25) is 9.69 Å². The molecule has 2 fully saturated rings. The molecule has 27 heavy (non-hydrogen) atoms. The van der Waals surface area contributed by atoms with Gasteiger partial charge in [0.1, 0.15) is 6.10 Å². The second-order valence-electron chi connectivity index (χ2n) is 8.33. The van der Waals surface area contributed by atoms with E-state index in [-0.39, 0.29) is 17.6 Å². The highest BCUT2D eigenvalue weighted by Crippen LogP contribution is 2.48. The zero-order valence-electron chi connectivity index (χ0n) is 16.7. The van der Waals surface area contributed by atoms with Crippen LogP contribution in [0.25, 0.3) is 0 Å². The standard InChI is InChI=1S/C22H32N2O3/c1-3-10-23(11-12-26-2)21(25)20-13-22(16-27-20)19-7-5-4-6-18(19)15-24(22)14-17-8-9-17/h4-7,17,20H,3,8-16H2,1-2H3/t20-,22-/m0/s1. The third kappa shape index (κ3) is 3.65. The molecule has 0 radical (unpaired) electrons. The molecular formula is C22H32N2O3. The molecule has 0 bridgehead atoms. The molecule has 0 N–H and O–H groups in total. The summed E-state index contributed by atoms with van der Waals surface area (Å²) >= 11 is 0. The minimum atomic E-state index is -0.346. The largest absolute Gasteiger partial charge is 0.383 e. The zero-order chi connectivity index (χ0) is 18.9. The van der Waals surface area contributed by atoms with Gasteiger partial charge in [-0.25, -0.2) is 0 Å². The van der Waals surface area contributed by atoms with Crippen LogP contribution in [-0.2, 0) is 26.4 Å². The van der Waals surface area contributed by atoms with Crippen molar-refractivity contribution < 1.29 is 14.3 Å². The van der Waals surface area contributed by atoms with Crippen molar-refractivity contribution in [2.75, 3.05) is 40.0 Å². The summed E-state index contributed by atoms with van der Waals surface area (Å²) in [6.45, 7) is 6.81. The van der Waals surface area contributed by atoms with Crippen molar-refractivity contribution in [1.29, 1.82) is 0 Å². The molecule has 3 aliphatic rings. The van der Waals surface area contributed by atoms with Crippen molar-refractivity contribution in [1.82, 2.24) is 9.80 Å². The lowest BCUT2D eigenvalue weighted by molar-refractivity contribution is -0.141. The van der Waals surface area contributed by atoms with Crippen LogP contribution >= 0.6 is 0 Å². The molecule has 1 saturated heterocycles. The molecule has 5 nitrogen and oxygen atoms in total. The maximum Gasteiger partial charge on any atom is 0.251 e. The van der Waals surface area contributed by atoms with Crippen molar-refractivity contribution in [3.05, 3.63) is 35.4 Å². The van der Waals surface area contributed by atoms with Gasteiger partial charge >= 0.3 is 0 Å². The van der Waals surface area contributed by atoms with E-state index in [4.69, 9.17) is 9.47 Å². The van der Waals surface area contributed by atoms with E-state index in [9.17, 15) is 4.79 Å². The Morgan fingerprint density at radius 1 is 1.33 bits per heavy atom. The first-order valence-corrected chi connectivity index (χ1v) is 10.4. The number of nitrogens with zero attached hydrogens (tertiary/aromatic N) is 2. The quantitative estimate of drug-likeness (QED) is 0.704. The van der Waals surface area contributed by atoms with Crippen LogP contribution in [0.4, 0.5) is 0 Å². The lowest BCUT2D eigenvalue weighted by Crippen LogP contribution is -2.45. The molecule has 0 aromatic heterocycles. The Balaban J connectivity index is 1.53. The fraction of sp³-hybridized carbons (Fsp3) is 0.682. The highest BCUT2D eigenvalue weighted by atomic mass is 16.5. The number of hydrogen-bond donors (Lipinski definition) is 0. The lowest BCUT2D eigenvalue weighted by atomic mass is 9.86. The summed E-state index contributed by atoms with van der Waals surface area (Å²) in [5.74, 6) is 0.950. The molecule has 1 aliphatic carbocycles. The molecule has 2 aliphatic heterocycles. The second-order valence-corrected chi connectivity index (χ2v) is 8.33. The summed E-state index contributed by atoms with van der Waals surface area (Å²) in [5, 5.41) is 0. The number of benzene rings is 1. The number of amides is 1. The fourth-order valence-electron chi connectivity index (χ4n) is 4.73. The van der Waals surface area contributed by atoms with E-state index < -0.39 is 0 Å². The van der Waals surface area contributed by atoms with Crippen molar-refractivity contribution >= 4 is 5.91 Å². The number of carbonyl (C=O) groups is 1. The first kappa shape index (κ1) is 18.9. The van der Waals surface area contributed by atoms with Gasteiger partial charge in [-0.15, -0.1) is 0 Å². The first-order valence-electron chi connectivity index (χ1n) is 10.4. The Morgan fingerprint density at radius 3 is 2.89 bits per heavy atom. The summed E-state index contributed by atoms with van der Waals surface area (Å²) in [6.07, 6.45) is 4.05. The summed E-state index contributed by atoms with van der Waals surface area (Å²) in [4.78, 5) is 17.7. The van der Waals surface area contributed by atoms with Crippen molar-refractivity contribution in [2.45, 2.75) is 50.8 Å². The fourth-order valence-corrected chi connectivity index (χ4v) is 4.73. The minimum Gasteiger partial charge on any atom is -0.383 e. The lowest BCUT2D eigenvalue weighted by Gasteiger charge is -2.35. The minimum absolute atomic E-state index is 0.126. The molecular weight excluding hydrogens is 340 g/mol. The Morgan fingerprint density at radius 2 is 2.15 bits per heavy atom. The Bertz CT molecular complexity index is 675. The molecule has 2 heterocycles. The maximum atomic E-state index is 13.2. The normalized spacial score (nSPS) is 27.3. The van der Waals surface area contributed by atoms with Crippen molar-refractivity contribution in [3.63, 3.8) is 0 Å². The first-order chi connectivity index (χ1) is 13.2. The van der Waals surface area contributed by atoms with Gasteiger partial charge in [-0.2, -0.15) is 0 Å². The van der Waals surface area contributed by atoms with Crippen LogP contribution in [-0.4, -0.2) is 61.8 Å². The molecule has 148 valence electrons. The zero-order valence-corrected chi connectivity index (χ0v) is 16.7. The van der Waals surface area contributed by atoms with Crippen LogP contribution in [0.3, 0.4) is 0 Å². The monoisotopic (exact) mass is 372 g/mol. The van der Waals surface area contributed by atoms with Gasteiger partial charge in [-0.05, 0) is 36.3 Å². The van der Waals surface area contributed by atoms with Crippen LogP contribution in [0.2, 0.25) is 0 Å². The van der Waals surface area contributed by atoms with E-state index in [1.54, 1.807) is 7.11 Å². The van der Waals surface area contributed by atoms with Crippen LogP contribution in [0, 0.1) is 5.92 Å². The van der Waals surface area contributed by atoms with E-state index in [2.05, 4.69) is 36.1 Å². The third-order valence-electron chi connectivity index (χ3n) is 6.35. The van der Waals surface area contributed by atoms with Gasteiger partial charge in [0, 0.05) is 39.7 Å². The number of carbonyl (C=O) groups excluding carboxylic acids is 1. The van der Waals surface area contributed by atoms with Crippen LogP contribution in [0.15, 0.2) is 24.3 Å². The molecule has 1 amide bonds. The molecule has 4 rings (SSSR count). The number of fused-ring (bicyclic) bond motifs is 2. The molecule has 0 unspecified atom stereocenters. The van der Waals surface area contributed by atoms with Crippen LogP contribution < -0.4 is 0 Å². The van der Waals surface area contributed by atoms with E-state index in [1.807, 2.05) is 4.90 Å². The molecule has 1 aromatic rings. The highest BCUT2D eigenvalue weighted by Gasteiger charge is 2.53. The van der Waals surface area contributed by atoms with Gasteiger partial charge in [0.25, 0.3) is 5.91 Å². The smallest absolute Gasteiger partial charge is 0.251 e. The van der Waals surface area contributed by atoms with Crippen LogP contribution in [0.1, 0.15) is 43.7 Å². The Labute approximate surface area is 162 Å². The number of ether oxygens (including phenoxy) is 2. The molecule has 2 atom stereocenters. The van der Waals surface area contributed by atoms with Gasteiger partial charge < -0.3 is 14.4 Å².